The average molecular weight is 181 g/mol. The summed E-state index contributed by atoms with van der Waals surface area (Å²) in [6.45, 7) is 7.63. The molecular weight excluding hydrogens is 158 g/mol. The standard InChI is InChI=1S/C12H23N/c1-3-12(2)8-6-10-13-9-5-4-7-11(12)13/h11H,3-10H2,1-2H3. The van der Waals surface area contributed by atoms with Crippen molar-refractivity contribution in [2.24, 2.45) is 5.41 Å². The number of fused-ring (bicyclic) bond motifs is 1. The van der Waals surface area contributed by atoms with Gasteiger partial charge in [-0.05, 0) is 50.6 Å². The molecular formula is C12H23N. The summed E-state index contributed by atoms with van der Waals surface area (Å²) < 4.78 is 0. The number of piperidine rings is 2. The summed E-state index contributed by atoms with van der Waals surface area (Å²) in [6, 6.07) is 0.917. The van der Waals surface area contributed by atoms with Gasteiger partial charge in [-0.1, -0.05) is 20.3 Å². The van der Waals surface area contributed by atoms with Gasteiger partial charge in [-0.15, -0.1) is 0 Å². The third-order valence-electron chi connectivity index (χ3n) is 4.42. The smallest absolute Gasteiger partial charge is 0.0149 e. The topological polar surface area (TPSA) is 3.24 Å². The van der Waals surface area contributed by atoms with Gasteiger partial charge in [-0.2, -0.15) is 0 Å². The van der Waals surface area contributed by atoms with Crippen molar-refractivity contribution in [2.75, 3.05) is 13.1 Å². The molecule has 0 saturated carbocycles. The summed E-state index contributed by atoms with van der Waals surface area (Å²) in [5, 5.41) is 0. The van der Waals surface area contributed by atoms with E-state index in [4.69, 9.17) is 0 Å². The van der Waals surface area contributed by atoms with Gasteiger partial charge >= 0.3 is 0 Å². The Hall–Kier alpha value is -0.0400. The minimum absolute atomic E-state index is 0.638. The van der Waals surface area contributed by atoms with Crippen LogP contribution in [0.1, 0.15) is 52.4 Å². The number of rotatable bonds is 1. The Morgan fingerprint density at radius 3 is 2.77 bits per heavy atom. The second-order valence-corrected chi connectivity index (χ2v) is 5.16. The molecule has 0 bridgehead atoms. The van der Waals surface area contributed by atoms with Gasteiger partial charge in [0.2, 0.25) is 0 Å². The predicted octanol–water partition coefficient (Wildman–Crippen LogP) is 3.05. The molecule has 1 nitrogen and oxygen atoms in total. The van der Waals surface area contributed by atoms with Gasteiger partial charge in [0, 0.05) is 6.04 Å². The van der Waals surface area contributed by atoms with E-state index in [0.717, 1.165) is 6.04 Å². The van der Waals surface area contributed by atoms with Crippen LogP contribution < -0.4 is 0 Å². The van der Waals surface area contributed by atoms with Crippen molar-refractivity contribution in [2.45, 2.75) is 58.4 Å². The van der Waals surface area contributed by atoms with Crippen molar-refractivity contribution in [1.29, 1.82) is 0 Å². The van der Waals surface area contributed by atoms with Crippen LogP contribution in [-0.2, 0) is 0 Å². The largest absolute Gasteiger partial charge is 0.300 e. The van der Waals surface area contributed by atoms with Gasteiger partial charge in [-0.3, -0.25) is 4.90 Å². The van der Waals surface area contributed by atoms with Crippen molar-refractivity contribution in [3.8, 4) is 0 Å². The molecule has 0 aromatic carbocycles. The Labute approximate surface area is 82.5 Å². The fourth-order valence-corrected chi connectivity index (χ4v) is 3.31. The van der Waals surface area contributed by atoms with Crippen LogP contribution in [0.2, 0.25) is 0 Å². The second kappa shape index (κ2) is 3.61. The fraction of sp³-hybridized carbons (Fsp3) is 1.00. The van der Waals surface area contributed by atoms with E-state index in [1.54, 1.807) is 0 Å². The zero-order chi connectivity index (χ0) is 9.31. The molecule has 2 rings (SSSR count). The van der Waals surface area contributed by atoms with E-state index in [1.807, 2.05) is 0 Å². The Balaban J connectivity index is 2.11. The van der Waals surface area contributed by atoms with Gasteiger partial charge in [-0.25, -0.2) is 0 Å². The summed E-state index contributed by atoms with van der Waals surface area (Å²) in [6.07, 6.45) is 8.64. The van der Waals surface area contributed by atoms with Crippen LogP contribution >= 0.6 is 0 Å². The predicted molar refractivity (Wildman–Crippen MR) is 56.8 cm³/mol. The number of hydrogen-bond acceptors (Lipinski definition) is 1. The maximum Gasteiger partial charge on any atom is 0.0149 e. The highest BCUT2D eigenvalue weighted by Gasteiger charge is 2.40. The van der Waals surface area contributed by atoms with Crippen LogP contribution in [0.4, 0.5) is 0 Å². The van der Waals surface area contributed by atoms with Gasteiger partial charge in [0.1, 0.15) is 0 Å². The number of nitrogens with zero attached hydrogens (tertiary/aromatic N) is 1. The van der Waals surface area contributed by atoms with E-state index < -0.39 is 0 Å². The molecule has 2 unspecified atom stereocenters. The van der Waals surface area contributed by atoms with Crippen LogP contribution in [0, 0.1) is 5.41 Å². The first-order valence-corrected chi connectivity index (χ1v) is 6.00. The maximum absolute atomic E-state index is 2.76. The van der Waals surface area contributed by atoms with Crippen LogP contribution in [0.3, 0.4) is 0 Å². The first-order chi connectivity index (χ1) is 6.26. The van der Waals surface area contributed by atoms with Crippen LogP contribution in [0.5, 0.6) is 0 Å². The Bertz CT molecular complexity index is 176. The summed E-state index contributed by atoms with van der Waals surface area (Å²) >= 11 is 0. The molecule has 1 heteroatoms. The van der Waals surface area contributed by atoms with Crippen molar-refractivity contribution < 1.29 is 0 Å². The first kappa shape index (κ1) is 9.51. The molecule has 2 aliphatic heterocycles. The summed E-state index contributed by atoms with van der Waals surface area (Å²) in [7, 11) is 0. The third kappa shape index (κ3) is 1.63. The highest BCUT2D eigenvalue weighted by molar-refractivity contribution is 4.94. The van der Waals surface area contributed by atoms with E-state index in [9.17, 15) is 0 Å². The lowest BCUT2D eigenvalue weighted by Crippen LogP contribution is -2.52. The zero-order valence-corrected chi connectivity index (χ0v) is 9.18. The quantitative estimate of drug-likeness (QED) is 0.601. The van der Waals surface area contributed by atoms with Gasteiger partial charge < -0.3 is 0 Å². The SMILES string of the molecule is CCC1(C)CCCN2CCCCC21. The normalized spacial score (nSPS) is 41.5. The molecule has 2 fully saturated rings. The van der Waals surface area contributed by atoms with Gasteiger partial charge in [0.05, 0.1) is 0 Å². The molecule has 0 amide bonds. The van der Waals surface area contributed by atoms with Crippen LogP contribution in [0.25, 0.3) is 0 Å². The molecule has 2 heterocycles. The molecule has 2 aliphatic rings. The van der Waals surface area contributed by atoms with Crippen LogP contribution in [-0.4, -0.2) is 24.0 Å². The molecule has 0 aromatic heterocycles. The van der Waals surface area contributed by atoms with E-state index in [1.165, 1.54) is 51.6 Å². The zero-order valence-electron chi connectivity index (χ0n) is 9.18. The van der Waals surface area contributed by atoms with E-state index in [0.29, 0.717) is 5.41 Å². The molecule has 0 N–H and O–H groups in total. The summed E-state index contributed by atoms with van der Waals surface area (Å²) in [5.41, 5.74) is 0.638. The van der Waals surface area contributed by atoms with Crippen molar-refractivity contribution >= 4 is 0 Å². The van der Waals surface area contributed by atoms with E-state index in [2.05, 4.69) is 18.7 Å². The lowest BCUT2D eigenvalue weighted by molar-refractivity contribution is -0.00239. The molecule has 0 aromatic rings. The molecule has 0 spiro atoms. The highest BCUT2D eigenvalue weighted by atomic mass is 15.2. The van der Waals surface area contributed by atoms with Crippen molar-refractivity contribution in [3.05, 3.63) is 0 Å². The Morgan fingerprint density at radius 1 is 1.23 bits per heavy atom. The number of hydrogen-bond donors (Lipinski definition) is 0. The highest BCUT2D eigenvalue weighted by Crippen LogP contribution is 2.42. The molecule has 2 atom stereocenters. The Morgan fingerprint density at radius 2 is 2.00 bits per heavy atom. The van der Waals surface area contributed by atoms with E-state index >= 15 is 0 Å². The van der Waals surface area contributed by atoms with Crippen molar-refractivity contribution in [3.63, 3.8) is 0 Å². The van der Waals surface area contributed by atoms with E-state index in [-0.39, 0.29) is 0 Å². The van der Waals surface area contributed by atoms with Gasteiger partial charge in [0.25, 0.3) is 0 Å². The second-order valence-electron chi connectivity index (χ2n) is 5.16. The lowest BCUT2D eigenvalue weighted by Gasteiger charge is -2.50. The minimum Gasteiger partial charge on any atom is -0.300 e. The average Bonchev–Trinajstić information content (AvgIpc) is 2.19. The Kier molecular flexibility index (Phi) is 2.64. The molecule has 13 heavy (non-hydrogen) atoms. The lowest BCUT2D eigenvalue weighted by atomic mass is 9.70. The van der Waals surface area contributed by atoms with Crippen molar-refractivity contribution in [1.82, 2.24) is 4.90 Å². The van der Waals surface area contributed by atoms with Crippen LogP contribution in [0.15, 0.2) is 0 Å². The maximum atomic E-state index is 2.76. The van der Waals surface area contributed by atoms with Gasteiger partial charge in [0.15, 0.2) is 0 Å². The summed E-state index contributed by atoms with van der Waals surface area (Å²) in [5.74, 6) is 0. The molecule has 2 saturated heterocycles. The summed E-state index contributed by atoms with van der Waals surface area (Å²) in [4.78, 5) is 2.76. The molecule has 76 valence electrons. The minimum atomic E-state index is 0.638. The fourth-order valence-electron chi connectivity index (χ4n) is 3.31. The molecule has 0 aliphatic carbocycles. The monoisotopic (exact) mass is 181 g/mol. The first-order valence-electron chi connectivity index (χ1n) is 6.00. The third-order valence-corrected chi connectivity index (χ3v) is 4.42. The molecule has 0 radical (unpaired) electrons.